The highest BCUT2D eigenvalue weighted by atomic mass is 32.1. The number of nitrogens with zero attached hydrogens (tertiary/aromatic N) is 1. The first kappa shape index (κ1) is 21.7. The molecule has 4 rings (SSSR count). The Balaban J connectivity index is 1.52. The zero-order valence-electron chi connectivity index (χ0n) is 17.5. The van der Waals surface area contributed by atoms with Crippen LogP contribution < -0.4 is 20.1 Å². The Morgan fingerprint density at radius 3 is 2.72 bits per heavy atom. The van der Waals surface area contributed by atoms with Gasteiger partial charge in [0.15, 0.2) is 5.11 Å². The summed E-state index contributed by atoms with van der Waals surface area (Å²) in [6, 6.07) is 20.6. The fourth-order valence-electron chi connectivity index (χ4n) is 3.16. The maximum absolute atomic E-state index is 12.6. The van der Waals surface area contributed by atoms with Crippen LogP contribution in [0.5, 0.6) is 11.5 Å². The zero-order chi connectivity index (χ0) is 22.5. The lowest BCUT2D eigenvalue weighted by Crippen LogP contribution is -2.34. The highest BCUT2D eigenvalue weighted by molar-refractivity contribution is 7.80. The first-order valence-corrected chi connectivity index (χ1v) is 11.2. The van der Waals surface area contributed by atoms with Crippen molar-refractivity contribution >= 4 is 50.5 Å². The van der Waals surface area contributed by atoms with Gasteiger partial charge in [0.05, 0.1) is 29.6 Å². The molecule has 0 radical (unpaired) electrons. The van der Waals surface area contributed by atoms with E-state index in [1.807, 2.05) is 49.4 Å². The van der Waals surface area contributed by atoms with E-state index in [2.05, 4.69) is 10.6 Å². The SMILES string of the molecule is CCOc1cccc(C(=O)NC(=S)Nc2cc(-c3nc4ccccc4s3)ccc2OC)c1. The van der Waals surface area contributed by atoms with Gasteiger partial charge in [0, 0.05) is 11.1 Å². The maximum Gasteiger partial charge on any atom is 0.257 e. The molecule has 0 spiro atoms. The number of fused-ring (bicyclic) bond motifs is 1. The van der Waals surface area contributed by atoms with Crippen molar-refractivity contribution in [2.75, 3.05) is 19.0 Å². The summed E-state index contributed by atoms with van der Waals surface area (Å²) in [5.74, 6) is 0.902. The van der Waals surface area contributed by atoms with Crippen molar-refractivity contribution in [3.05, 3.63) is 72.3 Å². The summed E-state index contributed by atoms with van der Waals surface area (Å²) in [4.78, 5) is 17.3. The second-order valence-corrected chi connectivity index (χ2v) is 8.21. The van der Waals surface area contributed by atoms with Crippen molar-refractivity contribution in [1.82, 2.24) is 10.3 Å². The average molecular weight is 464 g/mol. The number of nitrogens with one attached hydrogen (secondary N) is 2. The van der Waals surface area contributed by atoms with Gasteiger partial charge < -0.3 is 14.8 Å². The summed E-state index contributed by atoms with van der Waals surface area (Å²) in [7, 11) is 1.58. The molecule has 32 heavy (non-hydrogen) atoms. The molecule has 0 aliphatic heterocycles. The molecule has 0 bridgehead atoms. The number of methoxy groups -OCH3 is 1. The Hall–Kier alpha value is -3.49. The minimum Gasteiger partial charge on any atom is -0.495 e. The molecule has 0 aliphatic carbocycles. The number of rotatable bonds is 6. The minimum atomic E-state index is -0.328. The third-order valence-electron chi connectivity index (χ3n) is 4.62. The smallest absolute Gasteiger partial charge is 0.257 e. The van der Waals surface area contributed by atoms with Crippen LogP contribution in [0.2, 0.25) is 0 Å². The highest BCUT2D eigenvalue weighted by Crippen LogP contribution is 2.34. The molecule has 1 aromatic heterocycles. The van der Waals surface area contributed by atoms with Gasteiger partial charge in [0.2, 0.25) is 0 Å². The van der Waals surface area contributed by atoms with Gasteiger partial charge in [-0.15, -0.1) is 11.3 Å². The Bertz CT molecular complexity index is 1250. The molecule has 0 fully saturated rings. The topological polar surface area (TPSA) is 72.5 Å². The quantitative estimate of drug-likeness (QED) is 0.368. The fraction of sp³-hybridized carbons (Fsp3) is 0.125. The van der Waals surface area contributed by atoms with E-state index in [1.54, 1.807) is 42.7 Å². The van der Waals surface area contributed by atoms with Gasteiger partial charge in [0.25, 0.3) is 5.91 Å². The van der Waals surface area contributed by atoms with Crippen molar-refractivity contribution in [3.8, 4) is 22.1 Å². The van der Waals surface area contributed by atoms with Gasteiger partial charge in [-0.3, -0.25) is 10.1 Å². The molecular formula is C24H21N3O3S2. The summed E-state index contributed by atoms with van der Waals surface area (Å²) >= 11 is 6.98. The summed E-state index contributed by atoms with van der Waals surface area (Å²) in [5, 5.41) is 6.82. The number of ether oxygens (including phenoxy) is 2. The molecule has 6 nitrogen and oxygen atoms in total. The van der Waals surface area contributed by atoms with E-state index in [1.165, 1.54) is 0 Å². The summed E-state index contributed by atoms with van der Waals surface area (Å²) in [5.41, 5.74) is 2.97. The maximum atomic E-state index is 12.6. The molecule has 2 N–H and O–H groups in total. The van der Waals surface area contributed by atoms with Crippen molar-refractivity contribution < 1.29 is 14.3 Å². The lowest BCUT2D eigenvalue weighted by Gasteiger charge is -2.14. The third-order valence-corrected chi connectivity index (χ3v) is 5.91. The summed E-state index contributed by atoms with van der Waals surface area (Å²) in [6.07, 6.45) is 0. The predicted molar refractivity (Wildman–Crippen MR) is 133 cm³/mol. The van der Waals surface area contributed by atoms with Crippen molar-refractivity contribution in [3.63, 3.8) is 0 Å². The molecule has 0 unspecified atom stereocenters. The molecule has 1 heterocycles. The van der Waals surface area contributed by atoms with E-state index in [0.717, 1.165) is 20.8 Å². The van der Waals surface area contributed by atoms with Crippen LogP contribution in [0.1, 0.15) is 17.3 Å². The Morgan fingerprint density at radius 2 is 1.94 bits per heavy atom. The molecule has 162 valence electrons. The summed E-state index contributed by atoms with van der Waals surface area (Å²) in [6.45, 7) is 2.41. The molecule has 3 aromatic carbocycles. The van der Waals surface area contributed by atoms with Gasteiger partial charge in [-0.1, -0.05) is 18.2 Å². The Morgan fingerprint density at radius 1 is 1.09 bits per heavy atom. The van der Waals surface area contributed by atoms with E-state index in [4.69, 9.17) is 26.7 Å². The van der Waals surface area contributed by atoms with Crippen molar-refractivity contribution in [1.29, 1.82) is 0 Å². The molecule has 0 saturated heterocycles. The van der Waals surface area contributed by atoms with Crippen LogP contribution in [0.25, 0.3) is 20.8 Å². The van der Waals surface area contributed by atoms with Crippen LogP contribution in [0.4, 0.5) is 5.69 Å². The number of hydrogen-bond donors (Lipinski definition) is 2. The first-order valence-electron chi connectivity index (χ1n) is 9.96. The van der Waals surface area contributed by atoms with Crippen LogP contribution in [-0.2, 0) is 0 Å². The second-order valence-electron chi connectivity index (χ2n) is 6.77. The van der Waals surface area contributed by atoms with Crippen LogP contribution >= 0.6 is 23.6 Å². The fourth-order valence-corrected chi connectivity index (χ4v) is 4.32. The van der Waals surface area contributed by atoms with Crippen molar-refractivity contribution in [2.45, 2.75) is 6.92 Å². The van der Waals surface area contributed by atoms with E-state index < -0.39 is 0 Å². The van der Waals surface area contributed by atoms with E-state index in [0.29, 0.717) is 29.4 Å². The number of carbonyl (C=O) groups is 1. The number of anilines is 1. The lowest BCUT2D eigenvalue weighted by molar-refractivity contribution is 0.0977. The van der Waals surface area contributed by atoms with Gasteiger partial charge in [-0.2, -0.15) is 0 Å². The van der Waals surface area contributed by atoms with Crippen LogP contribution in [0.15, 0.2) is 66.7 Å². The van der Waals surface area contributed by atoms with Gasteiger partial charge in [-0.05, 0) is 67.7 Å². The molecule has 4 aromatic rings. The number of thiocarbonyl (C=S) groups is 1. The molecule has 0 saturated carbocycles. The number of thiazole rings is 1. The molecule has 8 heteroatoms. The number of hydrogen-bond acceptors (Lipinski definition) is 6. The third kappa shape index (κ3) is 4.87. The summed E-state index contributed by atoms with van der Waals surface area (Å²) < 4.78 is 12.0. The van der Waals surface area contributed by atoms with Gasteiger partial charge in [-0.25, -0.2) is 4.98 Å². The number of amides is 1. The van der Waals surface area contributed by atoms with E-state index >= 15 is 0 Å². The molecule has 0 atom stereocenters. The minimum absolute atomic E-state index is 0.163. The Kier molecular flexibility index (Phi) is 6.63. The van der Waals surface area contributed by atoms with E-state index in [9.17, 15) is 4.79 Å². The van der Waals surface area contributed by atoms with Gasteiger partial charge >= 0.3 is 0 Å². The first-order chi connectivity index (χ1) is 15.6. The largest absolute Gasteiger partial charge is 0.495 e. The number of aromatic nitrogens is 1. The van der Waals surface area contributed by atoms with Crippen LogP contribution in [0, 0.1) is 0 Å². The molecule has 1 amide bonds. The number of para-hydroxylation sites is 1. The second kappa shape index (κ2) is 9.76. The lowest BCUT2D eigenvalue weighted by atomic mass is 10.2. The van der Waals surface area contributed by atoms with E-state index in [-0.39, 0.29) is 11.0 Å². The van der Waals surface area contributed by atoms with Crippen LogP contribution in [-0.4, -0.2) is 29.7 Å². The number of carbonyl (C=O) groups excluding carboxylic acids is 1. The highest BCUT2D eigenvalue weighted by Gasteiger charge is 2.13. The average Bonchev–Trinajstić information content (AvgIpc) is 3.24. The van der Waals surface area contributed by atoms with Crippen LogP contribution in [0.3, 0.4) is 0 Å². The standard InChI is InChI=1S/C24H21N3O3S2/c1-3-30-17-8-6-7-15(13-17)22(28)27-24(31)26-19-14-16(11-12-20(19)29-2)23-25-18-9-4-5-10-21(18)32-23/h4-14H,3H2,1-2H3,(H2,26,27,28,31). The van der Waals surface area contributed by atoms with Gasteiger partial charge in [0.1, 0.15) is 16.5 Å². The molecular weight excluding hydrogens is 442 g/mol. The normalized spacial score (nSPS) is 10.6. The number of benzene rings is 3. The monoisotopic (exact) mass is 463 g/mol. The predicted octanol–water partition coefficient (Wildman–Crippen LogP) is 5.50. The molecule has 0 aliphatic rings. The Labute approximate surface area is 195 Å². The van der Waals surface area contributed by atoms with Crippen molar-refractivity contribution in [2.24, 2.45) is 0 Å². The zero-order valence-corrected chi connectivity index (χ0v) is 19.2.